The molecule has 150 valence electrons. The van der Waals surface area contributed by atoms with Gasteiger partial charge in [0, 0.05) is 18.7 Å². The molecule has 0 unspecified atom stereocenters. The van der Waals surface area contributed by atoms with Gasteiger partial charge in [0.05, 0.1) is 7.11 Å². The number of benzene rings is 1. The number of oxime groups is 1. The number of likely N-dealkylation sites (N-methyl/N-ethyl adjacent to an activating group) is 1. The summed E-state index contributed by atoms with van der Waals surface area (Å²) in [5, 5.41) is 6.19. The van der Waals surface area contributed by atoms with E-state index in [0.717, 1.165) is 19.2 Å². The van der Waals surface area contributed by atoms with E-state index in [1.165, 1.54) is 14.2 Å². The number of ether oxygens (including phenoxy) is 2. The number of carbonyl (C=O) groups is 1. The first kappa shape index (κ1) is 21.0. The third-order valence-electron chi connectivity index (χ3n) is 3.61. The number of pyridine rings is 1. The molecule has 1 aromatic carbocycles. The molecule has 0 bridgehead atoms. The number of hydrogen-bond donors (Lipinski definition) is 1. The van der Waals surface area contributed by atoms with E-state index in [2.05, 4.69) is 15.5 Å². The van der Waals surface area contributed by atoms with Gasteiger partial charge in [-0.2, -0.15) is 18.2 Å². The van der Waals surface area contributed by atoms with Crippen molar-refractivity contribution in [3.05, 3.63) is 53.1 Å². The Kier molecular flexibility index (Phi) is 6.80. The lowest BCUT2D eigenvalue weighted by atomic mass is 10.0. The van der Waals surface area contributed by atoms with Crippen LogP contribution in [0.25, 0.3) is 0 Å². The van der Waals surface area contributed by atoms with Crippen LogP contribution in [0.2, 0.25) is 0 Å². The number of nitrogens with one attached hydrogen (secondary N) is 1. The summed E-state index contributed by atoms with van der Waals surface area (Å²) in [5.41, 5.74) is 0.0316. The predicted molar refractivity (Wildman–Crippen MR) is 94.2 cm³/mol. The van der Waals surface area contributed by atoms with Crippen LogP contribution in [0.3, 0.4) is 0 Å². The maximum atomic E-state index is 12.9. The minimum Gasteiger partial charge on any atom is -0.480 e. The SMILES string of the molecule is CNC(=O)/C(=N/OC)c1ccccc1COc1ccc(C(F)(F)F)c(OC)n1. The van der Waals surface area contributed by atoms with Gasteiger partial charge in [-0.3, -0.25) is 4.79 Å². The van der Waals surface area contributed by atoms with Crippen molar-refractivity contribution in [2.45, 2.75) is 12.8 Å². The Hall–Kier alpha value is -3.30. The van der Waals surface area contributed by atoms with Crippen molar-refractivity contribution in [1.29, 1.82) is 0 Å². The van der Waals surface area contributed by atoms with Crippen LogP contribution in [-0.2, 0) is 22.4 Å². The van der Waals surface area contributed by atoms with Crippen molar-refractivity contribution in [3.8, 4) is 11.8 Å². The Morgan fingerprint density at radius 2 is 1.89 bits per heavy atom. The fourth-order valence-electron chi connectivity index (χ4n) is 2.33. The molecule has 10 heteroatoms. The lowest BCUT2D eigenvalue weighted by Crippen LogP contribution is -2.29. The molecule has 0 fully saturated rings. The van der Waals surface area contributed by atoms with Gasteiger partial charge in [-0.25, -0.2) is 0 Å². The summed E-state index contributed by atoms with van der Waals surface area (Å²) < 4.78 is 49.0. The second-order valence-corrected chi connectivity index (χ2v) is 5.35. The fraction of sp³-hybridized carbons (Fsp3) is 0.278. The monoisotopic (exact) mass is 397 g/mol. The third-order valence-corrected chi connectivity index (χ3v) is 3.61. The molecule has 0 aliphatic carbocycles. The summed E-state index contributed by atoms with van der Waals surface area (Å²) in [5.74, 6) is -1.13. The highest BCUT2D eigenvalue weighted by atomic mass is 19.4. The highest BCUT2D eigenvalue weighted by molar-refractivity contribution is 6.45. The van der Waals surface area contributed by atoms with Crippen LogP contribution in [0.5, 0.6) is 11.8 Å². The molecule has 1 N–H and O–H groups in total. The number of rotatable bonds is 7. The molecule has 0 saturated carbocycles. The molecular formula is C18H18F3N3O4. The summed E-state index contributed by atoms with van der Waals surface area (Å²) in [6, 6.07) is 8.67. The van der Waals surface area contributed by atoms with Gasteiger partial charge in [-0.15, -0.1) is 0 Å². The molecule has 2 rings (SSSR count). The molecule has 1 heterocycles. The van der Waals surface area contributed by atoms with E-state index in [1.807, 2.05) is 0 Å². The Bertz CT molecular complexity index is 869. The Morgan fingerprint density at radius 1 is 1.18 bits per heavy atom. The van der Waals surface area contributed by atoms with Crippen LogP contribution in [-0.4, -0.2) is 37.9 Å². The van der Waals surface area contributed by atoms with Gasteiger partial charge in [0.25, 0.3) is 5.91 Å². The number of nitrogens with zero attached hydrogens (tertiary/aromatic N) is 2. The number of aromatic nitrogens is 1. The minimum atomic E-state index is -4.59. The van der Waals surface area contributed by atoms with Crippen molar-refractivity contribution in [2.24, 2.45) is 5.16 Å². The van der Waals surface area contributed by atoms with Gasteiger partial charge >= 0.3 is 6.18 Å². The Balaban J connectivity index is 2.29. The Labute approximate surface area is 159 Å². The van der Waals surface area contributed by atoms with Crippen LogP contribution in [0.1, 0.15) is 16.7 Å². The van der Waals surface area contributed by atoms with E-state index in [0.29, 0.717) is 11.1 Å². The van der Waals surface area contributed by atoms with Crippen LogP contribution < -0.4 is 14.8 Å². The van der Waals surface area contributed by atoms with Gasteiger partial charge < -0.3 is 19.6 Å². The highest BCUT2D eigenvalue weighted by Crippen LogP contribution is 2.36. The first-order chi connectivity index (χ1) is 13.3. The van der Waals surface area contributed by atoms with Gasteiger partial charge in [0.2, 0.25) is 11.8 Å². The number of carbonyl (C=O) groups excluding carboxylic acids is 1. The largest absolute Gasteiger partial charge is 0.480 e. The van der Waals surface area contributed by atoms with Crippen molar-refractivity contribution >= 4 is 11.6 Å². The molecule has 1 aromatic heterocycles. The van der Waals surface area contributed by atoms with Crippen molar-refractivity contribution in [1.82, 2.24) is 10.3 Å². The normalized spacial score (nSPS) is 11.7. The van der Waals surface area contributed by atoms with Gasteiger partial charge in [0.1, 0.15) is 19.3 Å². The average molecular weight is 397 g/mol. The molecule has 0 spiro atoms. The first-order valence-corrected chi connectivity index (χ1v) is 7.98. The van der Waals surface area contributed by atoms with Gasteiger partial charge in [-0.05, 0) is 11.6 Å². The number of halogens is 3. The molecule has 0 aliphatic heterocycles. The molecule has 1 amide bonds. The molecule has 28 heavy (non-hydrogen) atoms. The maximum absolute atomic E-state index is 12.9. The van der Waals surface area contributed by atoms with E-state index in [1.54, 1.807) is 24.3 Å². The Morgan fingerprint density at radius 3 is 2.50 bits per heavy atom. The summed E-state index contributed by atoms with van der Waals surface area (Å²) in [6.45, 7) is -0.0720. The summed E-state index contributed by atoms with van der Waals surface area (Å²) >= 11 is 0. The van der Waals surface area contributed by atoms with Crippen molar-refractivity contribution < 1.29 is 32.3 Å². The quantitative estimate of drug-likeness (QED) is 0.574. The zero-order valence-corrected chi connectivity index (χ0v) is 15.3. The van der Waals surface area contributed by atoms with E-state index < -0.39 is 23.5 Å². The zero-order valence-electron chi connectivity index (χ0n) is 15.3. The smallest absolute Gasteiger partial charge is 0.421 e. The molecule has 0 atom stereocenters. The number of hydrogen-bond acceptors (Lipinski definition) is 6. The van der Waals surface area contributed by atoms with Crippen LogP contribution >= 0.6 is 0 Å². The van der Waals surface area contributed by atoms with E-state index in [4.69, 9.17) is 14.3 Å². The molecule has 0 radical (unpaired) electrons. The lowest BCUT2D eigenvalue weighted by molar-refractivity contribution is -0.139. The second kappa shape index (κ2) is 9.07. The molecular weight excluding hydrogens is 379 g/mol. The van der Waals surface area contributed by atoms with E-state index >= 15 is 0 Å². The average Bonchev–Trinajstić information content (AvgIpc) is 2.69. The van der Waals surface area contributed by atoms with Crippen LogP contribution in [0, 0.1) is 0 Å². The lowest BCUT2D eigenvalue weighted by Gasteiger charge is -2.14. The van der Waals surface area contributed by atoms with Crippen LogP contribution in [0.4, 0.5) is 13.2 Å². The van der Waals surface area contributed by atoms with Crippen molar-refractivity contribution in [2.75, 3.05) is 21.3 Å². The summed E-state index contributed by atoms with van der Waals surface area (Å²) in [4.78, 5) is 20.5. The van der Waals surface area contributed by atoms with E-state index in [9.17, 15) is 18.0 Å². The maximum Gasteiger partial charge on any atom is 0.421 e. The topological polar surface area (TPSA) is 82.0 Å². The van der Waals surface area contributed by atoms with E-state index in [-0.39, 0.29) is 18.2 Å². The summed E-state index contributed by atoms with van der Waals surface area (Å²) in [7, 11) is 3.85. The molecule has 2 aromatic rings. The zero-order chi connectivity index (χ0) is 20.7. The summed E-state index contributed by atoms with van der Waals surface area (Å²) in [6.07, 6.45) is -4.59. The third kappa shape index (κ3) is 4.90. The number of alkyl halides is 3. The van der Waals surface area contributed by atoms with Crippen molar-refractivity contribution in [3.63, 3.8) is 0 Å². The van der Waals surface area contributed by atoms with Crippen LogP contribution in [0.15, 0.2) is 41.6 Å². The first-order valence-electron chi connectivity index (χ1n) is 7.98. The molecule has 0 saturated heterocycles. The fourth-order valence-corrected chi connectivity index (χ4v) is 2.33. The number of amides is 1. The molecule has 0 aliphatic rings. The predicted octanol–water partition coefficient (Wildman–Crippen LogP) is 2.78. The highest BCUT2D eigenvalue weighted by Gasteiger charge is 2.35. The molecule has 7 nitrogen and oxygen atoms in total. The van der Waals surface area contributed by atoms with Gasteiger partial charge in [0.15, 0.2) is 5.71 Å². The second-order valence-electron chi connectivity index (χ2n) is 5.35. The standard InChI is InChI=1S/C18H18F3N3O4/c1-22-16(25)15(24-27-3)12-7-5-4-6-11(12)10-28-14-9-8-13(18(19,20)21)17(23-14)26-2/h4-9H,10H2,1-3H3,(H,22,25)/b24-15+. The minimum absolute atomic E-state index is 0.0298. The number of methoxy groups -OCH3 is 1. The van der Waals surface area contributed by atoms with Gasteiger partial charge in [-0.1, -0.05) is 29.4 Å².